The Morgan fingerprint density at radius 2 is 2.27 bits per heavy atom. The highest BCUT2D eigenvalue weighted by molar-refractivity contribution is 7.99. The minimum atomic E-state index is 1.06. The zero-order valence-corrected chi connectivity index (χ0v) is 10.4. The van der Waals surface area contributed by atoms with Gasteiger partial charge in [-0.15, -0.1) is 23.1 Å². The van der Waals surface area contributed by atoms with Crippen molar-refractivity contribution in [2.24, 2.45) is 0 Å². The molecule has 3 nitrogen and oxygen atoms in total. The van der Waals surface area contributed by atoms with Crippen molar-refractivity contribution in [1.29, 1.82) is 0 Å². The zero-order chi connectivity index (χ0) is 10.7. The second-order valence-corrected chi connectivity index (χ2v) is 5.47. The fourth-order valence-electron chi connectivity index (χ4n) is 1.19. The fraction of sp³-hybridized carbons (Fsp3) is 0.400. The lowest BCUT2D eigenvalue weighted by Crippen LogP contribution is -2.14. The monoisotopic (exact) mass is 239 g/mol. The maximum Gasteiger partial charge on any atom is 0.117 e. The van der Waals surface area contributed by atoms with Crippen LogP contribution in [-0.2, 0) is 0 Å². The highest BCUT2D eigenvalue weighted by Crippen LogP contribution is 2.28. The summed E-state index contributed by atoms with van der Waals surface area (Å²) in [4.78, 5) is 10.7. The molecule has 0 bridgehead atoms. The van der Waals surface area contributed by atoms with Crippen molar-refractivity contribution in [2.45, 2.75) is 5.03 Å². The standard InChI is InChI=1S/C10H13N3S2/c1-13(2)4-6-15-10-9-8(3-5-14-9)11-7-12-10/h3,5,7H,4,6H2,1-2H3. The van der Waals surface area contributed by atoms with Gasteiger partial charge < -0.3 is 4.90 Å². The van der Waals surface area contributed by atoms with Gasteiger partial charge in [-0.05, 0) is 25.5 Å². The number of hydrogen-bond donors (Lipinski definition) is 0. The molecule has 5 heteroatoms. The summed E-state index contributed by atoms with van der Waals surface area (Å²) < 4.78 is 1.21. The third-order valence-electron chi connectivity index (χ3n) is 1.99. The lowest BCUT2D eigenvalue weighted by Gasteiger charge is -2.08. The van der Waals surface area contributed by atoms with Gasteiger partial charge in [0.05, 0.1) is 10.2 Å². The van der Waals surface area contributed by atoms with E-state index in [9.17, 15) is 0 Å². The Kier molecular flexibility index (Phi) is 3.56. The van der Waals surface area contributed by atoms with E-state index in [0.717, 1.165) is 22.8 Å². The lowest BCUT2D eigenvalue weighted by molar-refractivity contribution is 0.437. The first-order chi connectivity index (χ1) is 7.27. The van der Waals surface area contributed by atoms with E-state index in [1.165, 1.54) is 4.70 Å². The highest BCUT2D eigenvalue weighted by Gasteiger charge is 2.05. The molecule has 0 saturated carbocycles. The average Bonchev–Trinajstić information content (AvgIpc) is 2.65. The van der Waals surface area contributed by atoms with E-state index in [4.69, 9.17) is 0 Å². The molecule has 2 aromatic heterocycles. The molecule has 80 valence electrons. The molecule has 0 unspecified atom stereocenters. The van der Waals surface area contributed by atoms with E-state index in [1.54, 1.807) is 29.4 Å². The van der Waals surface area contributed by atoms with Crippen LogP contribution in [0.1, 0.15) is 0 Å². The smallest absolute Gasteiger partial charge is 0.117 e. The largest absolute Gasteiger partial charge is 0.309 e. The second-order valence-electron chi connectivity index (χ2n) is 3.47. The lowest BCUT2D eigenvalue weighted by atomic mass is 10.5. The molecule has 0 aliphatic heterocycles. The number of fused-ring (bicyclic) bond motifs is 1. The molecule has 0 radical (unpaired) electrons. The third kappa shape index (κ3) is 2.68. The van der Waals surface area contributed by atoms with Crippen molar-refractivity contribution in [1.82, 2.24) is 14.9 Å². The summed E-state index contributed by atoms with van der Waals surface area (Å²) in [5.41, 5.74) is 1.06. The third-order valence-corrected chi connectivity index (χ3v) is 4.00. The first-order valence-electron chi connectivity index (χ1n) is 4.73. The molecule has 0 aliphatic rings. The molecular weight excluding hydrogens is 226 g/mol. The normalized spacial score (nSPS) is 11.4. The first kappa shape index (κ1) is 10.9. The summed E-state index contributed by atoms with van der Waals surface area (Å²) in [6.45, 7) is 1.07. The number of hydrogen-bond acceptors (Lipinski definition) is 5. The molecule has 0 fully saturated rings. The topological polar surface area (TPSA) is 29.0 Å². The molecule has 0 atom stereocenters. The number of nitrogens with zero attached hydrogens (tertiary/aromatic N) is 3. The van der Waals surface area contributed by atoms with E-state index >= 15 is 0 Å². The predicted octanol–water partition coefficient (Wildman–Crippen LogP) is 2.35. The van der Waals surface area contributed by atoms with Gasteiger partial charge in [0.1, 0.15) is 11.4 Å². The second kappa shape index (κ2) is 4.92. The maximum atomic E-state index is 4.32. The van der Waals surface area contributed by atoms with Crippen LogP contribution in [0.5, 0.6) is 0 Å². The molecule has 2 heterocycles. The molecule has 0 amide bonds. The van der Waals surface area contributed by atoms with Gasteiger partial charge in [0.2, 0.25) is 0 Å². The summed E-state index contributed by atoms with van der Waals surface area (Å²) in [7, 11) is 4.17. The van der Waals surface area contributed by atoms with Crippen LogP contribution in [0.15, 0.2) is 22.8 Å². The van der Waals surface area contributed by atoms with Gasteiger partial charge in [-0.3, -0.25) is 0 Å². The number of aromatic nitrogens is 2. The molecule has 2 rings (SSSR count). The molecule has 0 aromatic carbocycles. The molecule has 15 heavy (non-hydrogen) atoms. The summed E-state index contributed by atoms with van der Waals surface area (Å²) in [5, 5.41) is 3.17. The Hall–Kier alpha value is -0.650. The number of thioether (sulfide) groups is 1. The Bertz CT molecular complexity index is 439. The van der Waals surface area contributed by atoms with Crippen LogP contribution in [0, 0.1) is 0 Å². The SMILES string of the molecule is CN(C)CCSc1ncnc2ccsc12. The van der Waals surface area contributed by atoms with Crippen LogP contribution in [0.3, 0.4) is 0 Å². The van der Waals surface area contributed by atoms with Crippen molar-refractivity contribution in [3.05, 3.63) is 17.8 Å². The van der Waals surface area contributed by atoms with Crippen molar-refractivity contribution < 1.29 is 0 Å². The van der Waals surface area contributed by atoms with Crippen LogP contribution in [0.25, 0.3) is 10.2 Å². The van der Waals surface area contributed by atoms with E-state index in [-0.39, 0.29) is 0 Å². The zero-order valence-electron chi connectivity index (χ0n) is 8.80. The van der Waals surface area contributed by atoms with Gasteiger partial charge in [0, 0.05) is 12.3 Å². The van der Waals surface area contributed by atoms with Gasteiger partial charge in [-0.2, -0.15) is 0 Å². The van der Waals surface area contributed by atoms with Crippen LogP contribution >= 0.6 is 23.1 Å². The van der Waals surface area contributed by atoms with Crippen LogP contribution in [0.4, 0.5) is 0 Å². The van der Waals surface area contributed by atoms with Crippen molar-refractivity contribution >= 4 is 33.3 Å². The van der Waals surface area contributed by atoms with Gasteiger partial charge in [0.15, 0.2) is 0 Å². The summed E-state index contributed by atoms with van der Waals surface area (Å²) in [6.07, 6.45) is 1.65. The summed E-state index contributed by atoms with van der Waals surface area (Å²) in [5.74, 6) is 1.07. The van der Waals surface area contributed by atoms with Crippen molar-refractivity contribution in [3.63, 3.8) is 0 Å². The van der Waals surface area contributed by atoms with Crippen LogP contribution in [0.2, 0.25) is 0 Å². The Balaban J connectivity index is 2.10. The highest BCUT2D eigenvalue weighted by atomic mass is 32.2. The van der Waals surface area contributed by atoms with E-state index in [1.807, 2.05) is 6.07 Å². The Morgan fingerprint density at radius 3 is 3.07 bits per heavy atom. The maximum absolute atomic E-state index is 4.32. The Labute approximate surface area is 97.5 Å². The van der Waals surface area contributed by atoms with E-state index < -0.39 is 0 Å². The quantitative estimate of drug-likeness (QED) is 0.605. The number of thiophene rings is 1. The molecule has 2 aromatic rings. The summed E-state index contributed by atoms with van der Waals surface area (Å²) in [6, 6.07) is 2.04. The van der Waals surface area contributed by atoms with Gasteiger partial charge in [-0.25, -0.2) is 9.97 Å². The predicted molar refractivity (Wildman–Crippen MR) is 66.7 cm³/mol. The molecular formula is C10H13N3S2. The Morgan fingerprint density at radius 1 is 1.40 bits per heavy atom. The fourth-order valence-corrected chi connectivity index (χ4v) is 3.25. The van der Waals surface area contributed by atoms with E-state index in [0.29, 0.717) is 0 Å². The van der Waals surface area contributed by atoms with Crippen LogP contribution in [-0.4, -0.2) is 41.3 Å². The molecule has 0 N–H and O–H groups in total. The molecule has 0 aliphatic carbocycles. The van der Waals surface area contributed by atoms with Crippen molar-refractivity contribution in [2.75, 3.05) is 26.4 Å². The van der Waals surface area contributed by atoms with E-state index in [2.05, 4.69) is 34.3 Å². The number of rotatable bonds is 4. The minimum Gasteiger partial charge on any atom is -0.309 e. The first-order valence-corrected chi connectivity index (χ1v) is 6.59. The summed E-state index contributed by atoms with van der Waals surface area (Å²) >= 11 is 3.51. The van der Waals surface area contributed by atoms with Gasteiger partial charge in [-0.1, -0.05) is 0 Å². The van der Waals surface area contributed by atoms with Gasteiger partial charge in [0.25, 0.3) is 0 Å². The average molecular weight is 239 g/mol. The molecule has 0 spiro atoms. The molecule has 0 saturated heterocycles. The van der Waals surface area contributed by atoms with Gasteiger partial charge >= 0.3 is 0 Å². The minimum absolute atomic E-state index is 1.06. The van der Waals surface area contributed by atoms with Crippen LogP contribution < -0.4 is 0 Å². The van der Waals surface area contributed by atoms with Crippen molar-refractivity contribution in [3.8, 4) is 0 Å².